The number of carbonyl (C=O) groups is 2. The fourth-order valence-corrected chi connectivity index (χ4v) is 0. The summed E-state index contributed by atoms with van der Waals surface area (Å²) in [5.41, 5.74) is 9.32. The van der Waals surface area contributed by atoms with Crippen molar-refractivity contribution in [1.82, 2.24) is 0 Å². The second-order valence-electron chi connectivity index (χ2n) is 1.81. The molecule has 4 nitrogen and oxygen atoms in total. The van der Waals surface area contributed by atoms with Gasteiger partial charge < -0.3 is 16.3 Å². The van der Waals surface area contributed by atoms with Gasteiger partial charge in [0.2, 0.25) is 0 Å². The van der Waals surface area contributed by atoms with E-state index in [9.17, 15) is 9.59 Å². The average Bonchev–Trinajstić information content (AvgIpc) is 1.91. The van der Waals surface area contributed by atoms with Gasteiger partial charge in [-0.1, -0.05) is 0 Å². The Bertz CT molecular complexity index is 98.6. The van der Waals surface area contributed by atoms with E-state index in [-0.39, 0.29) is 18.1 Å². The second-order valence-corrected chi connectivity index (χ2v) is 1.81. The highest BCUT2D eigenvalue weighted by Gasteiger charge is 1.76. The minimum Gasteiger partial charge on any atom is -0.333 e. The predicted molar refractivity (Wildman–Crippen MR) is 46.2 cm³/mol. The second kappa shape index (κ2) is 16.1. The Balaban J connectivity index is -0.0000000965. The predicted octanol–water partition coefficient (Wildman–Crippen LogP) is -0.296. The highest BCUT2D eigenvalue weighted by atomic mass is 16.1. The molecule has 11 heavy (non-hydrogen) atoms. The highest BCUT2D eigenvalue weighted by molar-refractivity contribution is 5.77. The van der Waals surface area contributed by atoms with Gasteiger partial charge in [0.05, 0.1) is 6.54 Å². The van der Waals surface area contributed by atoms with Gasteiger partial charge >= 0.3 is 0 Å². The molecular formula is C7H18N2O2. The maximum absolute atomic E-state index is 9.69. The molecule has 0 rings (SSSR count). The monoisotopic (exact) mass is 162 g/mol. The third kappa shape index (κ3) is 307. The molecule has 0 aliphatic carbocycles. The Morgan fingerprint density at radius 2 is 1.18 bits per heavy atom. The van der Waals surface area contributed by atoms with Crippen molar-refractivity contribution in [2.24, 2.45) is 11.5 Å². The van der Waals surface area contributed by atoms with Crippen molar-refractivity contribution >= 4 is 11.6 Å². The Morgan fingerprint density at radius 3 is 1.18 bits per heavy atom. The summed E-state index contributed by atoms with van der Waals surface area (Å²) >= 11 is 0. The van der Waals surface area contributed by atoms with E-state index < -0.39 is 0 Å². The molecule has 0 aliphatic heterocycles. The van der Waals surface area contributed by atoms with Crippen LogP contribution in [0.25, 0.3) is 0 Å². The molecule has 0 aromatic carbocycles. The molecule has 0 aromatic heterocycles. The lowest BCUT2D eigenvalue weighted by atomic mass is 10.5. The topological polar surface area (TPSA) is 86.2 Å². The molecule has 0 fully saturated rings. The third-order valence-corrected chi connectivity index (χ3v) is 0.287. The van der Waals surface area contributed by atoms with Crippen LogP contribution in [-0.2, 0) is 9.59 Å². The molecule has 0 unspecified atom stereocenters. The zero-order valence-electron chi connectivity index (χ0n) is 7.68. The van der Waals surface area contributed by atoms with Crippen molar-refractivity contribution in [3.63, 3.8) is 0 Å². The van der Waals surface area contributed by atoms with Gasteiger partial charge in [-0.2, -0.15) is 0 Å². The van der Waals surface area contributed by atoms with Crippen LogP contribution < -0.4 is 11.5 Å². The van der Waals surface area contributed by atoms with E-state index in [1.165, 1.54) is 27.8 Å². The number of hydrogen-bond acceptors (Lipinski definition) is 4. The van der Waals surface area contributed by atoms with Crippen LogP contribution in [0.1, 0.15) is 20.8 Å². The molecule has 0 heterocycles. The Hall–Kier alpha value is -0.740. The molecule has 0 radical (unpaired) electrons. The Labute approximate surface area is 67.9 Å². The maximum Gasteiger partial charge on any atom is 0.143 e. The number of carbonyl (C=O) groups excluding carboxylic acids is 2. The summed E-state index contributed by atoms with van der Waals surface area (Å²) in [6, 6.07) is 0. The molecular weight excluding hydrogens is 144 g/mol. The van der Waals surface area contributed by atoms with E-state index in [4.69, 9.17) is 5.73 Å². The summed E-state index contributed by atoms with van der Waals surface area (Å²) in [5, 5.41) is 0. The first-order valence-electron chi connectivity index (χ1n) is 3.25. The summed E-state index contributed by atoms with van der Waals surface area (Å²) in [4.78, 5) is 19.1. The third-order valence-electron chi connectivity index (χ3n) is 0.287. The molecule has 0 bridgehead atoms. The summed E-state index contributed by atoms with van der Waals surface area (Å²) in [6.07, 6.45) is 0. The van der Waals surface area contributed by atoms with Crippen LogP contribution in [0.2, 0.25) is 0 Å². The SMILES string of the molecule is CC(=O)CN.CC(C)=O.CN. The fraction of sp³-hybridized carbons (Fsp3) is 0.714. The van der Waals surface area contributed by atoms with E-state index in [0.717, 1.165) is 0 Å². The number of hydrogen-bond donors (Lipinski definition) is 2. The first-order valence-corrected chi connectivity index (χ1v) is 3.25. The minimum atomic E-state index is 0.0324. The number of rotatable bonds is 1. The fourth-order valence-electron chi connectivity index (χ4n) is 0. The van der Waals surface area contributed by atoms with Gasteiger partial charge in [-0.15, -0.1) is 0 Å². The largest absolute Gasteiger partial charge is 0.333 e. The van der Waals surface area contributed by atoms with Crippen LogP contribution in [0.4, 0.5) is 0 Å². The Kier molecular flexibility index (Phi) is 24.5. The van der Waals surface area contributed by atoms with Crippen LogP contribution in [0.3, 0.4) is 0 Å². The lowest BCUT2D eigenvalue weighted by Gasteiger charge is -1.73. The standard InChI is InChI=1S/C3H7NO.C3H6O.CH5N/c1-3(5)2-4;1-3(2)4;1-2/h2,4H2,1H3;1-2H3;2H2,1H3. The van der Waals surface area contributed by atoms with Gasteiger partial charge in [-0.3, -0.25) is 4.79 Å². The van der Waals surface area contributed by atoms with Crippen molar-refractivity contribution < 1.29 is 9.59 Å². The molecule has 0 saturated heterocycles. The van der Waals surface area contributed by atoms with Crippen LogP contribution in [-0.4, -0.2) is 25.2 Å². The molecule has 0 spiro atoms. The molecule has 0 aromatic rings. The summed E-state index contributed by atoms with van der Waals surface area (Å²) in [5.74, 6) is 0.199. The molecule has 4 N–H and O–H groups in total. The normalized spacial score (nSPS) is 6.36. The molecule has 68 valence electrons. The maximum atomic E-state index is 9.69. The Morgan fingerprint density at radius 1 is 1.09 bits per heavy atom. The van der Waals surface area contributed by atoms with Gasteiger partial charge in [0.25, 0.3) is 0 Å². The molecule has 0 amide bonds. The van der Waals surface area contributed by atoms with E-state index in [1.54, 1.807) is 0 Å². The van der Waals surface area contributed by atoms with Gasteiger partial charge in [0.15, 0.2) is 0 Å². The van der Waals surface area contributed by atoms with Crippen molar-refractivity contribution in [3.8, 4) is 0 Å². The summed E-state index contributed by atoms with van der Waals surface area (Å²) in [6.45, 7) is 4.68. The van der Waals surface area contributed by atoms with Crippen molar-refractivity contribution in [2.75, 3.05) is 13.6 Å². The van der Waals surface area contributed by atoms with E-state index in [1.807, 2.05) is 0 Å². The first-order chi connectivity index (χ1) is 5.00. The lowest BCUT2D eigenvalue weighted by Crippen LogP contribution is -2.07. The van der Waals surface area contributed by atoms with E-state index in [2.05, 4.69) is 5.73 Å². The van der Waals surface area contributed by atoms with Crippen LogP contribution in [0, 0.1) is 0 Å². The van der Waals surface area contributed by atoms with Crippen LogP contribution >= 0.6 is 0 Å². The van der Waals surface area contributed by atoms with Gasteiger partial charge in [0.1, 0.15) is 11.6 Å². The smallest absolute Gasteiger partial charge is 0.143 e. The molecule has 0 aliphatic rings. The first kappa shape index (κ1) is 16.7. The zero-order chi connectivity index (χ0) is 9.86. The van der Waals surface area contributed by atoms with Crippen molar-refractivity contribution in [2.45, 2.75) is 20.8 Å². The van der Waals surface area contributed by atoms with Crippen molar-refractivity contribution in [3.05, 3.63) is 0 Å². The number of nitrogens with two attached hydrogens (primary N) is 2. The quantitative estimate of drug-likeness (QED) is 0.554. The molecule has 4 heteroatoms. The molecule has 0 atom stereocenters. The summed E-state index contributed by atoms with van der Waals surface area (Å²) < 4.78 is 0. The van der Waals surface area contributed by atoms with Gasteiger partial charge in [-0.05, 0) is 27.8 Å². The van der Waals surface area contributed by atoms with Gasteiger partial charge in [0, 0.05) is 0 Å². The van der Waals surface area contributed by atoms with E-state index in [0.29, 0.717) is 0 Å². The summed E-state index contributed by atoms with van der Waals surface area (Å²) in [7, 11) is 1.50. The number of ketones is 2. The van der Waals surface area contributed by atoms with Crippen molar-refractivity contribution in [1.29, 1.82) is 0 Å². The zero-order valence-corrected chi connectivity index (χ0v) is 7.68. The molecule has 0 saturated carbocycles. The van der Waals surface area contributed by atoms with Crippen LogP contribution in [0.5, 0.6) is 0 Å². The average molecular weight is 162 g/mol. The number of Topliss-reactive ketones (excluding diaryl/α,β-unsaturated/α-hetero) is 2. The minimum absolute atomic E-state index is 0.0324. The van der Waals surface area contributed by atoms with E-state index >= 15 is 0 Å². The van der Waals surface area contributed by atoms with Gasteiger partial charge in [-0.25, -0.2) is 0 Å². The highest BCUT2D eigenvalue weighted by Crippen LogP contribution is 1.51. The lowest BCUT2D eigenvalue weighted by molar-refractivity contribution is -0.116. The van der Waals surface area contributed by atoms with Crippen LogP contribution in [0.15, 0.2) is 0 Å².